The van der Waals surface area contributed by atoms with Crippen LogP contribution in [0.5, 0.6) is 5.75 Å². The summed E-state index contributed by atoms with van der Waals surface area (Å²) in [6.07, 6.45) is 0. The summed E-state index contributed by atoms with van der Waals surface area (Å²) in [5.74, 6) is -0.576. The minimum atomic E-state index is -4.49. The minimum Gasteiger partial charge on any atom is -0.508 e. The molecule has 0 unspecified atom stereocenters. The molecule has 7 nitrogen and oxygen atoms in total. The highest BCUT2D eigenvalue weighted by Gasteiger charge is 2.17. The third-order valence-corrected chi connectivity index (χ3v) is 4.57. The first-order chi connectivity index (χ1) is 11.8. The SMILES string of the molecule is Nc1ccc(C(=O)Nc2ccc(S(=O)(=O)O)c3cc(O)ccc23)cc1. The first-order valence-corrected chi connectivity index (χ1v) is 8.60. The summed E-state index contributed by atoms with van der Waals surface area (Å²) in [6.45, 7) is 0. The van der Waals surface area contributed by atoms with Gasteiger partial charge in [0.25, 0.3) is 16.0 Å². The molecule has 25 heavy (non-hydrogen) atoms. The van der Waals surface area contributed by atoms with Crippen LogP contribution in [0.25, 0.3) is 10.8 Å². The van der Waals surface area contributed by atoms with Crippen molar-refractivity contribution in [3.63, 3.8) is 0 Å². The molecule has 5 N–H and O–H groups in total. The quantitative estimate of drug-likeness (QED) is 0.421. The number of fused-ring (bicyclic) bond motifs is 1. The van der Waals surface area contributed by atoms with E-state index < -0.39 is 16.0 Å². The van der Waals surface area contributed by atoms with E-state index in [1.807, 2.05) is 0 Å². The number of phenols is 1. The third-order valence-electron chi connectivity index (χ3n) is 3.66. The summed E-state index contributed by atoms with van der Waals surface area (Å²) in [4.78, 5) is 12.0. The van der Waals surface area contributed by atoms with Crippen LogP contribution in [0.15, 0.2) is 59.5 Å². The Morgan fingerprint density at radius 3 is 2.28 bits per heavy atom. The van der Waals surface area contributed by atoms with Crippen molar-refractivity contribution in [1.29, 1.82) is 0 Å². The van der Waals surface area contributed by atoms with Crippen LogP contribution >= 0.6 is 0 Å². The van der Waals surface area contributed by atoms with Gasteiger partial charge in [0.1, 0.15) is 10.6 Å². The Morgan fingerprint density at radius 2 is 1.64 bits per heavy atom. The second kappa shape index (κ2) is 6.08. The van der Waals surface area contributed by atoms with E-state index in [1.165, 1.54) is 24.3 Å². The van der Waals surface area contributed by atoms with E-state index in [-0.39, 0.29) is 16.0 Å². The third kappa shape index (κ3) is 3.39. The molecule has 1 amide bonds. The molecule has 0 saturated carbocycles. The number of benzene rings is 3. The Kier molecular flexibility index (Phi) is 4.07. The molecule has 0 atom stereocenters. The summed E-state index contributed by atoms with van der Waals surface area (Å²) in [5, 5.41) is 12.8. The zero-order valence-corrected chi connectivity index (χ0v) is 13.6. The minimum absolute atomic E-state index is 0.0950. The van der Waals surface area contributed by atoms with Crippen molar-refractivity contribution in [3.8, 4) is 5.75 Å². The topological polar surface area (TPSA) is 130 Å². The first-order valence-electron chi connectivity index (χ1n) is 7.16. The number of rotatable bonds is 3. The standard InChI is InChI=1S/C17H14N2O5S/c18-11-3-1-10(2-4-11)17(21)19-15-7-8-16(25(22,23)24)14-9-12(20)5-6-13(14)15/h1-9,20H,18H2,(H,19,21)(H,22,23,24). The van der Waals surface area contributed by atoms with Gasteiger partial charge in [-0.3, -0.25) is 9.35 Å². The number of carbonyl (C=O) groups excluding carboxylic acids is 1. The second-order valence-corrected chi connectivity index (χ2v) is 6.78. The molecule has 3 aromatic carbocycles. The fraction of sp³-hybridized carbons (Fsp3) is 0. The lowest BCUT2D eigenvalue weighted by Crippen LogP contribution is -2.12. The highest BCUT2D eigenvalue weighted by Crippen LogP contribution is 2.32. The molecule has 3 aromatic rings. The van der Waals surface area contributed by atoms with Crippen molar-refractivity contribution in [2.45, 2.75) is 4.90 Å². The smallest absolute Gasteiger partial charge is 0.295 e. The molecule has 0 saturated heterocycles. The molecule has 0 aromatic heterocycles. The molecule has 0 radical (unpaired) electrons. The molecule has 128 valence electrons. The summed E-state index contributed by atoms with van der Waals surface area (Å²) in [7, 11) is -4.49. The van der Waals surface area contributed by atoms with Crippen LogP contribution in [0.1, 0.15) is 10.4 Å². The lowest BCUT2D eigenvalue weighted by Gasteiger charge is -2.12. The largest absolute Gasteiger partial charge is 0.508 e. The van der Waals surface area contributed by atoms with Crippen LogP contribution in [-0.2, 0) is 10.1 Å². The summed E-state index contributed by atoms with van der Waals surface area (Å²) in [5.41, 5.74) is 6.82. The van der Waals surface area contributed by atoms with Crippen molar-refractivity contribution in [1.82, 2.24) is 0 Å². The maximum Gasteiger partial charge on any atom is 0.295 e. The van der Waals surface area contributed by atoms with E-state index >= 15 is 0 Å². The van der Waals surface area contributed by atoms with Crippen LogP contribution in [0, 0.1) is 0 Å². The molecule has 0 aliphatic heterocycles. The van der Waals surface area contributed by atoms with Gasteiger partial charge >= 0.3 is 0 Å². The van der Waals surface area contributed by atoms with Crippen molar-refractivity contribution in [2.75, 3.05) is 11.1 Å². The molecule has 0 aliphatic rings. The number of nitrogens with two attached hydrogens (primary N) is 1. The molecule has 0 spiro atoms. The lowest BCUT2D eigenvalue weighted by atomic mass is 10.1. The number of phenolic OH excluding ortho intramolecular Hbond substituents is 1. The van der Waals surface area contributed by atoms with Gasteiger partial charge in [0.05, 0.1) is 0 Å². The van der Waals surface area contributed by atoms with Gasteiger partial charge in [-0.2, -0.15) is 8.42 Å². The Labute approximate surface area is 143 Å². The van der Waals surface area contributed by atoms with Gasteiger partial charge in [-0.15, -0.1) is 0 Å². The molecule has 0 aliphatic carbocycles. The van der Waals surface area contributed by atoms with Crippen LogP contribution in [0.2, 0.25) is 0 Å². The normalized spacial score (nSPS) is 11.4. The molecule has 0 heterocycles. The summed E-state index contributed by atoms with van der Waals surface area (Å²) < 4.78 is 32.4. The Bertz CT molecular complexity index is 1080. The van der Waals surface area contributed by atoms with Gasteiger partial charge in [0, 0.05) is 27.7 Å². The Balaban J connectivity index is 2.08. The van der Waals surface area contributed by atoms with Crippen molar-refractivity contribution in [2.24, 2.45) is 0 Å². The zero-order valence-electron chi connectivity index (χ0n) is 12.8. The van der Waals surface area contributed by atoms with Crippen molar-refractivity contribution < 1.29 is 22.9 Å². The number of carbonyl (C=O) groups is 1. The second-order valence-electron chi connectivity index (χ2n) is 5.39. The predicted octanol–water partition coefficient (Wildman–Crippen LogP) is 2.63. The van der Waals surface area contributed by atoms with E-state index in [1.54, 1.807) is 24.3 Å². The molecular weight excluding hydrogens is 344 g/mol. The average molecular weight is 358 g/mol. The highest BCUT2D eigenvalue weighted by molar-refractivity contribution is 7.86. The van der Waals surface area contributed by atoms with E-state index in [4.69, 9.17) is 5.73 Å². The van der Waals surface area contributed by atoms with Crippen LogP contribution in [0.3, 0.4) is 0 Å². The monoisotopic (exact) mass is 358 g/mol. The highest BCUT2D eigenvalue weighted by atomic mass is 32.2. The van der Waals surface area contributed by atoms with Gasteiger partial charge in [-0.25, -0.2) is 0 Å². The first kappa shape index (κ1) is 16.7. The number of nitrogens with one attached hydrogen (secondary N) is 1. The van der Waals surface area contributed by atoms with Crippen molar-refractivity contribution in [3.05, 3.63) is 60.2 Å². The number of nitrogen functional groups attached to an aromatic ring is 1. The Morgan fingerprint density at radius 1 is 0.960 bits per heavy atom. The van der Waals surface area contributed by atoms with Gasteiger partial charge in [0.2, 0.25) is 0 Å². The van der Waals surface area contributed by atoms with Crippen LogP contribution in [-0.4, -0.2) is 24.0 Å². The predicted molar refractivity (Wildman–Crippen MR) is 94.2 cm³/mol. The number of amides is 1. The number of hydrogen-bond acceptors (Lipinski definition) is 5. The van der Waals surface area contributed by atoms with Crippen LogP contribution < -0.4 is 11.1 Å². The molecule has 0 fully saturated rings. The lowest BCUT2D eigenvalue weighted by molar-refractivity contribution is 0.102. The van der Waals surface area contributed by atoms with E-state index in [2.05, 4.69) is 5.32 Å². The summed E-state index contributed by atoms with van der Waals surface area (Å²) in [6, 6.07) is 12.9. The van der Waals surface area contributed by atoms with Gasteiger partial charge in [0.15, 0.2) is 0 Å². The van der Waals surface area contributed by atoms with E-state index in [9.17, 15) is 22.9 Å². The molecule has 0 bridgehead atoms. The van der Waals surface area contributed by atoms with E-state index in [0.717, 1.165) is 6.07 Å². The Hall–Kier alpha value is -3.10. The van der Waals surface area contributed by atoms with Gasteiger partial charge < -0.3 is 16.2 Å². The maximum absolute atomic E-state index is 12.3. The molecule has 3 rings (SSSR count). The van der Waals surface area contributed by atoms with Crippen LogP contribution in [0.4, 0.5) is 11.4 Å². The number of anilines is 2. The number of aromatic hydroxyl groups is 1. The fourth-order valence-electron chi connectivity index (χ4n) is 2.47. The average Bonchev–Trinajstić information content (AvgIpc) is 2.54. The maximum atomic E-state index is 12.3. The molecular formula is C17H14N2O5S. The summed E-state index contributed by atoms with van der Waals surface area (Å²) >= 11 is 0. The number of hydrogen-bond donors (Lipinski definition) is 4. The van der Waals surface area contributed by atoms with Crippen molar-refractivity contribution >= 4 is 38.2 Å². The van der Waals surface area contributed by atoms with Gasteiger partial charge in [-0.05, 0) is 54.6 Å². The molecule has 8 heteroatoms. The fourth-order valence-corrected chi connectivity index (χ4v) is 3.16. The van der Waals surface area contributed by atoms with E-state index in [0.29, 0.717) is 22.3 Å². The zero-order chi connectivity index (χ0) is 18.2. The van der Waals surface area contributed by atoms with Gasteiger partial charge in [-0.1, -0.05) is 0 Å².